The summed E-state index contributed by atoms with van der Waals surface area (Å²) < 4.78 is 35.6. The van der Waals surface area contributed by atoms with Crippen molar-refractivity contribution in [1.29, 1.82) is 0 Å². The topological polar surface area (TPSA) is 49.2 Å². The van der Waals surface area contributed by atoms with Crippen molar-refractivity contribution >= 4 is 12.7 Å². The van der Waals surface area contributed by atoms with E-state index in [0.717, 1.165) is 0 Å². The van der Waals surface area contributed by atoms with Crippen LogP contribution in [-0.2, 0) is 16.4 Å². The van der Waals surface area contributed by atoms with Crippen LogP contribution in [0, 0.1) is 6.85 Å². The van der Waals surface area contributed by atoms with Crippen molar-refractivity contribution in [2.75, 3.05) is 0 Å². The molecule has 1 aromatic rings. The highest BCUT2D eigenvalue weighted by Gasteiger charge is 2.53. The molecule has 0 aliphatic carbocycles. The van der Waals surface area contributed by atoms with Gasteiger partial charge in [-0.25, -0.2) is 0 Å². The van der Waals surface area contributed by atoms with Gasteiger partial charge in [0.25, 0.3) is 0 Å². The summed E-state index contributed by atoms with van der Waals surface area (Å²) in [6, 6.07) is 0. The molecule has 1 aliphatic heterocycles. The Kier molecular flexibility index (Phi) is 1.71. The lowest BCUT2D eigenvalue weighted by Crippen LogP contribution is -2.41. The molecule has 1 fully saturated rings. The molecule has 0 atom stereocenters. The first-order chi connectivity index (χ1) is 8.46. The van der Waals surface area contributed by atoms with Crippen molar-refractivity contribution in [3.8, 4) is 0 Å². The zero-order chi connectivity index (χ0) is 14.6. The monoisotopic (exact) mass is 226 g/mol. The maximum absolute atomic E-state index is 7.50. The number of aromatic nitrogens is 3. The van der Waals surface area contributed by atoms with Crippen molar-refractivity contribution < 1.29 is 13.4 Å². The summed E-state index contributed by atoms with van der Waals surface area (Å²) in [5.74, 6) is 0. The molecule has 0 spiro atoms. The highest BCUT2D eigenvalue weighted by molar-refractivity contribution is 6.61. The third-order valence-corrected chi connectivity index (χ3v) is 3.35. The van der Waals surface area contributed by atoms with Crippen LogP contribution < -0.4 is 5.59 Å². The Bertz CT molecular complexity index is 483. The normalized spacial score (nSPS) is 26.3. The summed E-state index contributed by atoms with van der Waals surface area (Å²) in [6.07, 6.45) is 0. The summed E-state index contributed by atoms with van der Waals surface area (Å²) >= 11 is 0. The molecule has 6 heteroatoms. The lowest BCUT2D eigenvalue weighted by atomic mass is 9.83. The van der Waals surface area contributed by atoms with Crippen LogP contribution in [0.4, 0.5) is 0 Å². The Balaban J connectivity index is 2.43. The van der Waals surface area contributed by atoms with Crippen molar-refractivity contribution in [3.05, 3.63) is 5.69 Å². The number of rotatable bonds is 1. The quantitative estimate of drug-likeness (QED) is 0.651. The molecule has 88 valence electrons. The van der Waals surface area contributed by atoms with E-state index in [1.807, 2.05) is 27.7 Å². The minimum absolute atomic E-state index is 0.0755. The van der Waals surface area contributed by atoms with Gasteiger partial charge in [0.2, 0.25) is 0 Å². The predicted molar refractivity (Wildman–Crippen MR) is 61.5 cm³/mol. The average Bonchev–Trinajstić information content (AvgIpc) is 2.65. The summed E-state index contributed by atoms with van der Waals surface area (Å²) in [4.78, 5) is 0. The molecule has 1 saturated heterocycles. The van der Waals surface area contributed by atoms with E-state index in [-0.39, 0.29) is 5.69 Å². The first kappa shape index (κ1) is 8.25. The second-order valence-electron chi connectivity index (χ2n) is 5.04. The van der Waals surface area contributed by atoms with Gasteiger partial charge in [-0.3, -0.25) is 4.68 Å². The van der Waals surface area contributed by atoms with Crippen molar-refractivity contribution in [2.24, 2.45) is 7.05 Å². The number of hydrogen-bond donors (Lipinski definition) is 0. The lowest BCUT2D eigenvalue weighted by Gasteiger charge is -2.32. The summed E-state index contributed by atoms with van der Waals surface area (Å²) in [5.41, 5.74) is -0.797. The van der Waals surface area contributed by atoms with Gasteiger partial charge in [-0.1, -0.05) is 5.21 Å². The van der Waals surface area contributed by atoms with Gasteiger partial charge in [-0.15, -0.1) is 5.10 Å². The van der Waals surface area contributed by atoms with Gasteiger partial charge in [0.15, 0.2) is 0 Å². The molecule has 0 bridgehead atoms. The van der Waals surface area contributed by atoms with Gasteiger partial charge in [-0.2, -0.15) is 0 Å². The summed E-state index contributed by atoms with van der Waals surface area (Å²) in [5, 5.41) is 7.49. The zero-order valence-electron chi connectivity index (χ0n) is 13.2. The zero-order valence-corrected chi connectivity index (χ0v) is 10.2. The van der Waals surface area contributed by atoms with Crippen LogP contribution in [0.5, 0.6) is 0 Å². The first-order valence-electron chi connectivity index (χ1n) is 6.71. The van der Waals surface area contributed by atoms with Crippen LogP contribution >= 0.6 is 0 Å². The van der Waals surface area contributed by atoms with Crippen LogP contribution in [0.1, 0.15) is 37.5 Å². The molecule has 1 aromatic heterocycles. The van der Waals surface area contributed by atoms with Gasteiger partial charge < -0.3 is 9.31 Å². The average molecular weight is 226 g/mol. The van der Waals surface area contributed by atoms with E-state index in [9.17, 15) is 0 Å². The van der Waals surface area contributed by atoms with Gasteiger partial charge in [0, 0.05) is 11.2 Å². The molecule has 0 unspecified atom stereocenters. The van der Waals surface area contributed by atoms with Crippen LogP contribution in [0.25, 0.3) is 0 Å². The Labute approximate surface area is 100 Å². The van der Waals surface area contributed by atoms with Gasteiger partial charge >= 0.3 is 7.12 Å². The lowest BCUT2D eigenvalue weighted by molar-refractivity contribution is 0.00578. The van der Waals surface area contributed by atoms with E-state index in [2.05, 4.69) is 10.3 Å². The number of aryl methyl sites for hydroxylation is 2. The standard InChI is InChI=1S/C10H18BN3O2/c1-7-8(14(6)13-12-7)11-15-9(2,3)10(4,5)16-11/h1-6H3/i1D3. The molecule has 0 N–H and O–H groups in total. The van der Waals surface area contributed by atoms with Crippen LogP contribution in [0.3, 0.4) is 0 Å². The first-order valence-corrected chi connectivity index (χ1v) is 5.21. The second-order valence-corrected chi connectivity index (χ2v) is 5.04. The molecular weight excluding hydrogens is 205 g/mol. The van der Waals surface area contributed by atoms with E-state index >= 15 is 0 Å². The van der Waals surface area contributed by atoms with E-state index < -0.39 is 25.2 Å². The van der Waals surface area contributed by atoms with Crippen LogP contribution in [0.15, 0.2) is 0 Å². The fraction of sp³-hybridized carbons (Fsp3) is 0.800. The predicted octanol–water partition coefficient (Wildman–Crippen LogP) is 0.423. The molecular formula is C10H18BN3O2. The van der Waals surface area contributed by atoms with Gasteiger partial charge in [-0.05, 0) is 34.5 Å². The van der Waals surface area contributed by atoms with Crippen molar-refractivity contribution in [2.45, 2.75) is 45.7 Å². The maximum atomic E-state index is 7.50. The van der Waals surface area contributed by atoms with Gasteiger partial charge in [0.05, 0.1) is 22.5 Å². The van der Waals surface area contributed by atoms with E-state index in [0.29, 0.717) is 5.59 Å². The maximum Gasteiger partial charge on any atom is 0.516 e. The molecule has 1 aliphatic rings. The molecule has 0 radical (unpaired) electrons. The Morgan fingerprint density at radius 2 is 1.81 bits per heavy atom. The van der Waals surface area contributed by atoms with E-state index in [4.69, 9.17) is 13.4 Å². The Hall–Kier alpha value is -0.875. The summed E-state index contributed by atoms with van der Waals surface area (Å²) in [6.45, 7) is 5.29. The van der Waals surface area contributed by atoms with Crippen LogP contribution in [-0.4, -0.2) is 33.3 Å². The molecule has 2 rings (SSSR count). The summed E-state index contributed by atoms with van der Waals surface area (Å²) in [7, 11) is 0.850. The molecule has 16 heavy (non-hydrogen) atoms. The number of nitrogens with zero attached hydrogens (tertiary/aromatic N) is 3. The minimum atomic E-state index is -2.34. The van der Waals surface area contributed by atoms with Crippen molar-refractivity contribution in [3.63, 3.8) is 0 Å². The fourth-order valence-electron chi connectivity index (χ4n) is 1.58. The number of hydrogen-bond acceptors (Lipinski definition) is 4. The smallest absolute Gasteiger partial charge is 0.398 e. The molecule has 0 saturated carbocycles. The molecule has 5 nitrogen and oxygen atoms in total. The highest BCUT2D eigenvalue weighted by atomic mass is 16.7. The molecule has 2 heterocycles. The Morgan fingerprint density at radius 3 is 2.31 bits per heavy atom. The van der Waals surface area contributed by atoms with E-state index in [1.54, 1.807) is 7.05 Å². The largest absolute Gasteiger partial charge is 0.516 e. The SMILES string of the molecule is [2H]C([2H])([2H])c1nnn(C)c1B1OC(C)(C)C(C)(C)O1. The van der Waals surface area contributed by atoms with Crippen LogP contribution in [0.2, 0.25) is 0 Å². The van der Waals surface area contributed by atoms with Gasteiger partial charge in [0.1, 0.15) is 0 Å². The molecule has 0 amide bonds. The minimum Gasteiger partial charge on any atom is -0.398 e. The van der Waals surface area contributed by atoms with Crippen molar-refractivity contribution in [1.82, 2.24) is 15.0 Å². The highest BCUT2D eigenvalue weighted by Crippen LogP contribution is 2.36. The fourth-order valence-corrected chi connectivity index (χ4v) is 1.58. The Morgan fingerprint density at radius 1 is 1.25 bits per heavy atom. The third kappa shape index (κ3) is 1.56. The molecule has 0 aromatic carbocycles. The second kappa shape index (κ2) is 3.31. The third-order valence-electron chi connectivity index (χ3n) is 3.35. The van der Waals surface area contributed by atoms with E-state index in [1.165, 1.54) is 4.68 Å².